The van der Waals surface area contributed by atoms with Gasteiger partial charge in [-0.3, -0.25) is 24.0 Å². The molecule has 0 atom stereocenters. The molecule has 0 saturated carbocycles. The Balaban J connectivity index is 1.90. The number of H-pyrrole nitrogens is 1. The van der Waals surface area contributed by atoms with Gasteiger partial charge in [0.2, 0.25) is 5.91 Å². The minimum absolute atomic E-state index is 0.00144. The zero-order valence-corrected chi connectivity index (χ0v) is 19.2. The molecule has 0 aliphatic rings. The molecule has 3 aromatic rings. The fourth-order valence-corrected chi connectivity index (χ4v) is 3.63. The number of unbranched alkanes of at least 4 members (excludes halogenated alkanes) is 1. The highest BCUT2D eigenvalue weighted by molar-refractivity contribution is 5.95. The van der Waals surface area contributed by atoms with Gasteiger partial charge in [0.15, 0.2) is 5.69 Å². The normalized spacial score (nSPS) is 10.9. The van der Waals surface area contributed by atoms with Crippen molar-refractivity contribution in [1.29, 1.82) is 0 Å². The Bertz CT molecular complexity index is 1190. The first kappa shape index (κ1) is 23.9. The molecule has 0 bridgehead atoms. The van der Waals surface area contributed by atoms with Crippen molar-refractivity contribution in [3.8, 4) is 5.75 Å². The van der Waals surface area contributed by atoms with Crippen molar-refractivity contribution in [3.63, 3.8) is 0 Å². The van der Waals surface area contributed by atoms with Gasteiger partial charge in [0.05, 0.1) is 25.8 Å². The lowest BCUT2D eigenvalue weighted by molar-refractivity contribution is -0.119. The quantitative estimate of drug-likeness (QED) is 0.485. The number of carbonyl (C=O) groups is 1. The number of furan rings is 1. The van der Waals surface area contributed by atoms with Crippen LogP contribution in [0.2, 0.25) is 0 Å². The molecule has 1 aromatic carbocycles. The molecule has 3 rings (SSSR count). The topological polar surface area (TPSA) is 124 Å². The van der Waals surface area contributed by atoms with Crippen LogP contribution in [0.25, 0.3) is 0 Å². The molecule has 2 heterocycles. The Morgan fingerprint density at radius 3 is 2.55 bits per heavy atom. The fraction of sp³-hybridized carbons (Fsp3) is 0.375. The second kappa shape index (κ2) is 10.7. The van der Waals surface area contributed by atoms with Gasteiger partial charge in [-0.2, -0.15) is 0 Å². The molecule has 1 amide bonds. The van der Waals surface area contributed by atoms with Gasteiger partial charge in [0.1, 0.15) is 17.3 Å². The molecule has 33 heavy (non-hydrogen) atoms. The SMILES string of the molecule is CCCCn1c(N)c(N(Cc2ccco2)C(=O)CCOc2c(C)cccc2C)c(=O)[nH]c1=O. The van der Waals surface area contributed by atoms with Crippen LogP contribution >= 0.6 is 0 Å². The molecule has 9 nitrogen and oxygen atoms in total. The zero-order valence-electron chi connectivity index (χ0n) is 19.2. The molecular formula is C24H30N4O5. The number of aryl methyl sites for hydroxylation is 2. The van der Waals surface area contributed by atoms with Crippen molar-refractivity contribution in [2.75, 3.05) is 17.2 Å². The van der Waals surface area contributed by atoms with Crippen LogP contribution in [0, 0.1) is 13.8 Å². The van der Waals surface area contributed by atoms with Crippen LogP contribution in [-0.2, 0) is 17.9 Å². The third-order valence-electron chi connectivity index (χ3n) is 5.39. The minimum atomic E-state index is -0.721. The lowest BCUT2D eigenvalue weighted by Crippen LogP contribution is -2.41. The van der Waals surface area contributed by atoms with E-state index in [1.165, 1.54) is 15.7 Å². The van der Waals surface area contributed by atoms with E-state index in [1.54, 1.807) is 12.1 Å². The predicted molar refractivity (Wildman–Crippen MR) is 127 cm³/mol. The van der Waals surface area contributed by atoms with Crippen LogP contribution in [0.15, 0.2) is 50.6 Å². The summed E-state index contributed by atoms with van der Waals surface area (Å²) in [5.74, 6) is 0.779. The summed E-state index contributed by atoms with van der Waals surface area (Å²) in [7, 11) is 0. The average Bonchev–Trinajstić information content (AvgIpc) is 3.28. The number of aromatic amines is 1. The summed E-state index contributed by atoms with van der Waals surface area (Å²) in [5.41, 5.74) is 6.79. The van der Waals surface area contributed by atoms with Crippen molar-refractivity contribution in [1.82, 2.24) is 9.55 Å². The first-order valence-corrected chi connectivity index (χ1v) is 11.0. The van der Waals surface area contributed by atoms with E-state index < -0.39 is 11.2 Å². The summed E-state index contributed by atoms with van der Waals surface area (Å²) < 4.78 is 12.6. The Kier molecular flexibility index (Phi) is 7.76. The average molecular weight is 455 g/mol. The van der Waals surface area contributed by atoms with E-state index in [0.717, 1.165) is 23.3 Å². The number of hydrogen-bond donors (Lipinski definition) is 2. The number of ether oxygens (including phenoxy) is 1. The smallest absolute Gasteiger partial charge is 0.330 e. The van der Waals surface area contributed by atoms with Crippen molar-refractivity contribution < 1.29 is 13.9 Å². The molecule has 2 aromatic heterocycles. The summed E-state index contributed by atoms with van der Waals surface area (Å²) >= 11 is 0. The highest BCUT2D eigenvalue weighted by atomic mass is 16.5. The molecule has 9 heteroatoms. The third-order valence-corrected chi connectivity index (χ3v) is 5.39. The summed E-state index contributed by atoms with van der Waals surface area (Å²) in [6, 6.07) is 9.21. The van der Waals surface area contributed by atoms with Crippen LogP contribution in [0.4, 0.5) is 11.5 Å². The maximum atomic E-state index is 13.3. The van der Waals surface area contributed by atoms with Gasteiger partial charge in [-0.05, 0) is 43.5 Å². The molecule has 176 valence electrons. The molecule has 3 N–H and O–H groups in total. The maximum Gasteiger partial charge on any atom is 0.330 e. The number of nitrogen functional groups attached to an aromatic ring is 1. The van der Waals surface area contributed by atoms with Gasteiger partial charge in [0.25, 0.3) is 5.56 Å². The van der Waals surface area contributed by atoms with Crippen LogP contribution in [-0.4, -0.2) is 22.1 Å². The minimum Gasteiger partial charge on any atom is -0.493 e. The van der Waals surface area contributed by atoms with E-state index in [2.05, 4.69) is 4.98 Å². The van der Waals surface area contributed by atoms with Gasteiger partial charge in [0, 0.05) is 6.54 Å². The highest BCUT2D eigenvalue weighted by Crippen LogP contribution is 2.24. The number of para-hydroxylation sites is 1. The molecule has 0 saturated heterocycles. The van der Waals surface area contributed by atoms with Gasteiger partial charge in [-0.25, -0.2) is 4.79 Å². The molecule has 0 unspecified atom stereocenters. The fourth-order valence-electron chi connectivity index (χ4n) is 3.63. The van der Waals surface area contributed by atoms with Gasteiger partial charge in [-0.1, -0.05) is 31.5 Å². The number of aromatic nitrogens is 2. The highest BCUT2D eigenvalue weighted by Gasteiger charge is 2.25. The maximum absolute atomic E-state index is 13.3. The summed E-state index contributed by atoms with van der Waals surface area (Å²) in [6.07, 6.45) is 3.02. The summed E-state index contributed by atoms with van der Waals surface area (Å²) in [5, 5.41) is 0. The van der Waals surface area contributed by atoms with Crippen LogP contribution in [0.1, 0.15) is 43.1 Å². The molecule has 0 spiro atoms. The second-order valence-electron chi connectivity index (χ2n) is 7.88. The lowest BCUT2D eigenvalue weighted by Gasteiger charge is -2.24. The van der Waals surface area contributed by atoms with Crippen LogP contribution in [0.3, 0.4) is 0 Å². The summed E-state index contributed by atoms with van der Waals surface area (Å²) in [6.45, 7) is 6.31. The number of hydrogen-bond acceptors (Lipinski definition) is 6. The largest absolute Gasteiger partial charge is 0.493 e. The number of carbonyl (C=O) groups excluding carboxylic acids is 1. The number of nitrogens with two attached hydrogens (primary N) is 1. The summed E-state index contributed by atoms with van der Waals surface area (Å²) in [4.78, 5) is 41.8. The van der Waals surface area contributed by atoms with E-state index in [4.69, 9.17) is 14.9 Å². The van der Waals surface area contributed by atoms with E-state index >= 15 is 0 Å². The standard InChI is InChI=1S/C24H30N4O5/c1-4-5-12-27-22(25)20(23(30)26-24(27)31)28(15-18-10-7-13-32-18)19(29)11-14-33-21-16(2)8-6-9-17(21)3/h6-10,13H,4-5,11-12,14-15,25H2,1-3H3,(H,26,30,31). The van der Waals surface area contributed by atoms with Gasteiger partial charge >= 0.3 is 5.69 Å². The second-order valence-corrected chi connectivity index (χ2v) is 7.88. The monoisotopic (exact) mass is 454 g/mol. The first-order valence-electron chi connectivity index (χ1n) is 11.0. The van der Waals surface area contributed by atoms with Crippen LogP contribution < -0.4 is 26.6 Å². The van der Waals surface area contributed by atoms with Crippen molar-refractivity contribution >= 4 is 17.4 Å². The third kappa shape index (κ3) is 5.54. The first-order chi connectivity index (χ1) is 15.8. The van der Waals surface area contributed by atoms with Gasteiger partial charge < -0.3 is 14.9 Å². The number of nitrogens with zero attached hydrogens (tertiary/aromatic N) is 2. The van der Waals surface area contributed by atoms with Crippen molar-refractivity contribution in [2.24, 2.45) is 0 Å². The number of nitrogens with one attached hydrogen (secondary N) is 1. The van der Waals surface area contributed by atoms with Crippen molar-refractivity contribution in [3.05, 3.63) is 74.3 Å². The molecule has 0 aliphatic heterocycles. The number of rotatable bonds is 10. The lowest BCUT2D eigenvalue weighted by atomic mass is 10.1. The van der Waals surface area contributed by atoms with E-state index in [0.29, 0.717) is 18.7 Å². The Hall–Kier alpha value is -3.75. The Labute approximate surface area is 191 Å². The Morgan fingerprint density at radius 1 is 1.18 bits per heavy atom. The van der Waals surface area contributed by atoms with Gasteiger partial charge in [-0.15, -0.1) is 0 Å². The molecule has 0 aliphatic carbocycles. The molecule has 0 radical (unpaired) electrons. The molecular weight excluding hydrogens is 424 g/mol. The number of benzene rings is 1. The molecule has 0 fully saturated rings. The number of amides is 1. The van der Waals surface area contributed by atoms with E-state index in [-0.39, 0.29) is 37.0 Å². The zero-order chi connectivity index (χ0) is 24.0. The van der Waals surface area contributed by atoms with Crippen LogP contribution in [0.5, 0.6) is 5.75 Å². The number of anilines is 2. The van der Waals surface area contributed by atoms with Crippen molar-refractivity contribution in [2.45, 2.75) is 53.1 Å². The van der Waals surface area contributed by atoms with E-state index in [1.807, 2.05) is 39.0 Å². The van der Waals surface area contributed by atoms with E-state index in [9.17, 15) is 14.4 Å². The predicted octanol–water partition coefficient (Wildman–Crippen LogP) is 3.13. The Morgan fingerprint density at radius 2 is 1.91 bits per heavy atom.